The molecule has 1 aliphatic rings. The molecule has 1 fully saturated rings. The molecule has 1 atom stereocenters. The van der Waals surface area contributed by atoms with Crippen molar-refractivity contribution in [3.8, 4) is 0 Å². The van der Waals surface area contributed by atoms with Crippen LogP contribution in [0.4, 0.5) is 0 Å². The molecule has 114 valence electrons. The Hall–Kier alpha value is -1.25. The highest BCUT2D eigenvalue weighted by atomic mass is 79.9. The molecular weight excluding hydrogens is 340 g/mol. The Kier molecular flexibility index (Phi) is 3.85. The van der Waals surface area contributed by atoms with Gasteiger partial charge < -0.3 is 13.9 Å². The standard InChI is InChI=1S/C13H17BrN4O3/c1-8-11(14)9(2)18(17-8)6-10-15-16-12(21-10)13(19-3)4-5-20-7-13/h4-7H2,1-3H3. The highest BCUT2D eigenvalue weighted by Crippen LogP contribution is 2.33. The molecule has 1 aliphatic heterocycles. The van der Waals surface area contributed by atoms with Gasteiger partial charge in [-0.15, -0.1) is 10.2 Å². The van der Waals surface area contributed by atoms with Crippen LogP contribution in [0, 0.1) is 13.8 Å². The summed E-state index contributed by atoms with van der Waals surface area (Å²) in [5.41, 5.74) is 1.35. The van der Waals surface area contributed by atoms with E-state index in [1.165, 1.54) is 0 Å². The second kappa shape index (κ2) is 5.51. The van der Waals surface area contributed by atoms with E-state index >= 15 is 0 Å². The van der Waals surface area contributed by atoms with Gasteiger partial charge in [-0.2, -0.15) is 5.10 Å². The van der Waals surface area contributed by atoms with E-state index in [0.29, 0.717) is 31.5 Å². The highest BCUT2D eigenvalue weighted by molar-refractivity contribution is 9.10. The minimum atomic E-state index is -0.610. The molecule has 1 saturated heterocycles. The molecule has 0 aromatic carbocycles. The molecule has 3 heterocycles. The monoisotopic (exact) mass is 356 g/mol. The number of hydrogen-bond donors (Lipinski definition) is 0. The highest BCUT2D eigenvalue weighted by Gasteiger charge is 2.42. The van der Waals surface area contributed by atoms with Crippen LogP contribution < -0.4 is 0 Å². The quantitative estimate of drug-likeness (QED) is 0.833. The average Bonchev–Trinajstić information content (AvgIpc) is 3.18. The van der Waals surface area contributed by atoms with Crippen molar-refractivity contribution in [1.29, 1.82) is 0 Å². The van der Waals surface area contributed by atoms with Crippen LogP contribution >= 0.6 is 15.9 Å². The fourth-order valence-corrected chi connectivity index (χ4v) is 2.71. The Labute approximate surface area is 130 Å². The van der Waals surface area contributed by atoms with Gasteiger partial charge in [-0.05, 0) is 29.8 Å². The fraction of sp³-hybridized carbons (Fsp3) is 0.615. The van der Waals surface area contributed by atoms with Crippen LogP contribution in [-0.2, 0) is 21.6 Å². The number of aryl methyl sites for hydroxylation is 1. The summed E-state index contributed by atoms with van der Waals surface area (Å²) in [6.07, 6.45) is 0.719. The number of nitrogens with zero attached hydrogens (tertiary/aromatic N) is 4. The van der Waals surface area contributed by atoms with Gasteiger partial charge in [-0.25, -0.2) is 0 Å². The Morgan fingerprint density at radius 3 is 2.76 bits per heavy atom. The first-order valence-electron chi connectivity index (χ1n) is 6.71. The van der Waals surface area contributed by atoms with Crippen LogP contribution in [0.25, 0.3) is 0 Å². The smallest absolute Gasteiger partial charge is 0.250 e. The largest absolute Gasteiger partial charge is 0.420 e. The topological polar surface area (TPSA) is 75.2 Å². The lowest BCUT2D eigenvalue weighted by atomic mass is 10.0. The molecule has 0 amide bonds. The summed E-state index contributed by atoms with van der Waals surface area (Å²) in [5.74, 6) is 0.976. The first-order chi connectivity index (χ1) is 10.1. The number of hydrogen-bond acceptors (Lipinski definition) is 6. The summed E-state index contributed by atoms with van der Waals surface area (Å²) in [5, 5.41) is 12.7. The van der Waals surface area contributed by atoms with E-state index < -0.39 is 5.60 Å². The lowest BCUT2D eigenvalue weighted by Crippen LogP contribution is -2.29. The number of ether oxygens (including phenoxy) is 2. The summed E-state index contributed by atoms with van der Waals surface area (Å²) in [6, 6.07) is 0. The maximum atomic E-state index is 5.77. The molecule has 8 heteroatoms. The van der Waals surface area contributed by atoms with E-state index in [1.807, 2.05) is 18.5 Å². The zero-order valence-corrected chi connectivity index (χ0v) is 13.8. The molecule has 1 unspecified atom stereocenters. The van der Waals surface area contributed by atoms with E-state index in [1.54, 1.807) is 7.11 Å². The first kappa shape index (κ1) is 14.7. The molecule has 3 rings (SSSR count). The third-order valence-corrected chi connectivity index (χ3v) is 4.96. The van der Waals surface area contributed by atoms with Gasteiger partial charge in [0, 0.05) is 13.5 Å². The van der Waals surface area contributed by atoms with Crippen LogP contribution in [0.5, 0.6) is 0 Å². The van der Waals surface area contributed by atoms with Crippen molar-refractivity contribution in [2.45, 2.75) is 32.4 Å². The van der Waals surface area contributed by atoms with Crippen molar-refractivity contribution in [1.82, 2.24) is 20.0 Å². The molecule has 0 N–H and O–H groups in total. The van der Waals surface area contributed by atoms with Crippen LogP contribution in [0.15, 0.2) is 8.89 Å². The number of halogens is 1. The van der Waals surface area contributed by atoms with Gasteiger partial charge in [0.2, 0.25) is 5.89 Å². The maximum Gasteiger partial charge on any atom is 0.250 e. The van der Waals surface area contributed by atoms with Crippen molar-refractivity contribution >= 4 is 15.9 Å². The lowest BCUT2D eigenvalue weighted by molar-refractivity contribution is -0.0417. The van der Waals surface area contributed by atoms with Gasteiger partial charge >= 0.3 is 0 Å². The van der Waals surface area contributed by atoms with Gasteiger partial charge in [-0.3, -0.25) is 4.68 Å². The van der Waals surface area contributed by atoms with Crippen LogP contribution in [0.1, 0.15) is 29.6 Å². The zero-order chi connectivity index (χ0) is 15.0. The van der Waals surface area contributed by atoms with Crippen LogP contribution in [0.3, 0.4) is 0 Å². The summed E-state index contributed by atoms with van der Waals surface area (Å²) >= 11 is 3.51. The van der Waals surface area contributed by atoms with E-state index in [9.17, 15) is 0 Å². The van der Waals surface area contributed by atoms with Gasteiger partial charge in [0.15, 0.2) is 5.60 Å². The minimum Gasteiger partial charge on any atom is -0.420 e. The van der Waals surface area contributed by atoms with Crippen molar-refractivity contribution < 1.29 is 13.9 Å². The second-order valence-electron chi connectivity index (χ2n) is 5.14. The molecule has 0 bridgehead atoms. The van der Waals surface area contributed by atoms with Crippen molar-refractivity contribution in [2.24, 2.45) is 0 Å². The van der Waals surface area contributed by atoms with E-state index in [4.69, 9.17) is 13.9 Å². The predicted molar refractivity (Wildman–Crippen MR) is 76.9 cm³/mol. The minimum absolute atomic E-state index is 0.436. The molecular formula is C13H17BrN4O3. The van der Waals surface area contributed by atoms with Crippen molar-refractivity contribution in [2.75, 3.05) is 20.3 Å². The molecule has 7 nitrogen and oxygen atoms in total. The summed E-state index contributed by atoms with van der Waals surface area (Å²) < 4.78 is 19.5. The van der Waals surface area contributed by atoms with E-state index in [0.717, 1.165) is 22.3 Å². The molecule has 0 saturated carbocycles. The fourth-order valence-electron chi connectivity index (χ4n) is 2.42. The Morgan fingerprint density at radius 1 is 1.38 bits per heavy atom. The predicted octanol–water partition coefficient (Wildman–Crippen LogP) is 1.96. The van der Waals surface area contributed by atoms with Gasteiger partial charge in [0.25, 0.3) is 5.89 Å². The van der Waals surface area contributed by atoms with Crippen LogP contribution in [0.2, 0.25) is 0 Å². The number of aromatic nitrogens is 4. The Balaban J connectivity index is 1.83. The summed E-state index contributed by atoms with van der Waals surface area (Å²) in [6.45, 7) is 5.45. The van der Waals surface area contributed by atoms with Crippen LogP contribution in [-0.4, -0.2) is 40.3 Å². The number of methoxy groups -OCH3 is 1. The molecule has 0 spiro atoms. The van der Waals surface area contributed by atoms with Gasteiger partial charge in [-0.1, -0.05) is 0 Å². The molecule has 2 aromatic heterocycles. The van der Waals surface area contributed by atoms with Gasteiger partial charge in [0.1, 0.15) is 6.54 Å². The maximum absolute atomic E-state index is 5.77. The normalized spacial score (nSPS) is 22.1. The average molecular weight is 357 g/mol. The van der Waals surface area contributed by atoms with E-state index in [-0.39, 0.29) is 0 Å². The summed E-state index contributed by atoms with van der Waals surface area (Å²) in [7, 11) is 1.64. The molecule has 2 aromatic rings. The first-order valence-corrected chi connectivity index (χ1v) is 7.50. The van der Waals surface area contributed by atoms with E-state index in [2.05, 4.69) is 31.2 Å². The Morgan fingerprint density at radius 2 is 2.19 bits per heavy atom. The number of rotatable bonds is 4. The SMILES string of the molecule is COC1(c2nnc(Cn3nc(C)c(Br)c3C)o2)CCOC1. The third-order valence-electron chi connectivity index (χ3n) is 3.81. The molecule has 0 aliphatic carbocycles. The molecule has 21 heavy (non-hydrogen) atoms. The Bertz CT molecular complexity index is 646. The third kappa shape index (κ3) is 2.51. The second-order valence-corrected chi connectivity index (χ2v) is 5.94. The van der Waals surface area contributed by atoms with Gasteiger partial charge in [0.05, 0.1) is 29.1 Å². The van der Waals surface area contributed by atoms with Crippen molar-refractivity contribution in [3.05, 3.63) is 27.6 Å². The van der Waals surface area contributed by atoms with Crippen molar-refractivity contribution in [3.63, 3.8) is 0 Å². The zero-order valence-electron chi connectivity index (χ0n) is 12.2. The lowest BCUT2D eigenvalue weighted by Gasteiger charge is -2.20. The summed E-state index contributed by atoms with van der Waals surface area (Å²) in [4.78, 5) is 0. The molecule has 0 radical (unpaired) electrons.